The van der Waals surface area contributed by atoms with Crippen molar-refractivity contribution in [1.29, 1.82) is 0 Å². The van der Waals surface area contributed by atoms with Crippen molar-refractivity contribution in [3.05, 3.63) is 53.6 Å². The van der Waals surface area contributed by atoms with Crippen molar-refractivity contribution in [2.75, 3.05) is 17.2 Å². The topological polar surface area (TPSA) is 67.4 Å². The number of carbonyl (C=O) groups is 2. The molecule has 0 aliphatic carbocycles. The molecule has 2 aromatic carbocycles. The summed E-state index contributed by atoms with van der Waals surface area (Å²) in [4.78, 5) is 23.3. The van der Waals surface area contributed by atoms with Crippen molar-refractivity contribution in [2.45, 2.75) is 0 Å². The molecule has 2 N–H and O–H groups in total. The molecule has 0 unspecified atom stereocenters. The van der Waals surface area contributed by atoms with Crippen LogP contribution in [0.3, 0.4) is 0 Å². The van der Waals surface area contributed by atoms with E-state index in [1.807, 2.05) is 0 Å². The zero-order chi connectivity index (χ0) is 15.7. The largest absolute Gasteiger partial charge is 0.482 e. The number of amides is 2. The summed E-state index contributed by atoms with van der Waals surface area (Å²) in [5, 5.41) is 4.84. The van der Waals surface area contributed by atoms with Crippen LogP contribution in [-0.4, -0.2) is 18.4 Å². The predicted molar refractivity (Wildman–Crippen MR) is 74.9 cm³/mol. The van der Waals surface area contributed by atoms with E-state index in [-0.39, 0.29) is 23.8 Å². The Hall–Kier alpha value is -2.96. The Labute approximate surface area is 123 Å². The first-order valence-electron chi connectivity index (χ1n) is 6.36. The van der Waals surface area contributed by atoms with Crippen molar-refractivity contribution in [1.82, 2.24) is 0 Å². The Morgan fingerprint density at radius 3 is 2.82 bits per heavy atom. The summed E-state index contributed by atoms with van der Waals surface area (Å²) in [6.45, 7) is -0.0902. The number of carbonyl (C=O) groups excluding carboxylic acids is 2. The van der Waals surface area contributed by atoms with Crippen molar-refractivity contribution < 1.29 is 23.1 Å². The molecule has 5 nitrogen and oxygen atoms in total. The number of halogens is 2. The average Bonchev–Trinajstić information content (AvgIpc) is 2.50. The fourth-order valence-electron chi connectivity index (χ4n) is 2.01. The molecule has 0 atom stereocenters. The number of benzene rings is 2. The number of ether oxygens (including phenoxy) is 1. The second-order valence-corrected chi connectivity index (χ2v) is 4.63. The average molecular weight is 304 g/mol. The van der Waals surface area contributed by atoms with Gasteiger partial charge in [0, 0.05) is 11.6 Å². The van der Waals surface area contributed by atoms with Gasteiger partial charge < -0.3 is 15.4 Å². The van der Waals surface area contributed by atoms with Gasteiger partial charge in [0.15, 0.2) is 6.61 Å². The zero-order valence-corrected chi connectivity index (χ0v) is 11.2. The molecule has 2 aromatic rings. The van der Waals surface area contributed by atoms with E-state index in [9.17, 15) is 18.4 Å². The predicted octanol–water partition coefficient (Wildman–Crippen LogP) is 2.55. The van der Waals surface area contributed by atoms with Gasteiger partial charge in [-0.2, -0.15) is 0 Å². The highest BCUT2D eigenvalue weighted by atomic mass is 19.1. The van der Waals surface area contributed by atoms with Crippen molar-refractivity contribution in [3.63, 3.8) is 0 Å². The molecule has 0 saturated heterocycles. The second kappa shape index (κ2) is 5.44. The summed E-state index contributed by atoms with van der Waals surface area (Å²) >= 11 is 0. The van der Waals surface area contributed by atoms with Crippen LogP contribution in [0.4, 0.5) is 20.2 Å². The summed E-state index contributed by atoms with van der Waals surface area (Å²) in [6, 6.07) is 7.15. The Morgan fingerprint density at radius 2 is 2.00 bits per heavy atom. The van der Waals surface area contributed by atoms with Crippen LogP contribution in [0.5, 0.6) is 5.75 Å². The van der Waals surface area contributed by atoms with Gasteiger partial charge in [-0.3, -0.25) is 9.59 Å². The van der Waals surface area contributed by atoms with Crippen molar-refractivity contribution in [3.8, 4) is 5.75 Å². The molecular weight excluding hydrogens is 294 g/mol. The maximum absolute atomic E-state index is 13.5. The Bertz CT molecular complexity index is 777. The molecule has 1 aliphatic rings. The van der Waals surface area contributed by atoms with Crippen LogP contribution in [0, 0.1) is 11.6 Å². The van der Waals surface area contributed by atoms with E-state index in [0.29, 0.717) is 11.4 Å². The van der Waals surface area contributed by atoms with Gasteiger partial charge in [-0.05, 0) is 30.3 Å². The second-order valence-electron chi connectivity index (χ2n) is 4.63. The lowest BCUT2D eigenvalue weighted by Crippen LogP contribution is -2.25. The van der Waals surface area contributed by atoms with E-state index in [4.69, 9.17) is 4.74 Å². The van der Waals surface area contributed by atoms with E-state index in [2.05, 4.69) is 10.6 Å². The molecule has 0 bridgehead atoms. The maximum Gasteiger partial charge on any atom is 0.262 e. The maximum atomic E-state index is 13.5. The first-order chi connectivity index (χ1) is 10.5. The van der Waals surface area contributed by atoms with Gasteiger partial charge in [-0.15, -0.1) is 0 Å². The van der Waals surface area contributed by atoms with Crippen LogP contribution in [-0.2, 0) is 4.79 Å². The highest BCUT2D eigenvalue weighted by molar-refractivity contribution is 6.06. The van der Waals surface area contributed by atoms with Gasteiger partial charge in [-0.1, -0.05) is 0 Å². The minimum Gasteiger partial charge on any atom is -0.482 e. The monoisotopic (exact) mass is 304 g/mol. The van der Waals surface area contributed by atoms with Crippen LogP contribution in [0.15, 0.2) is 36.4 Å². The van der Waals surface area contributed by atoms with Crippen LogP contribution < -0.4 is 15.4 Å². The van der Waals surface area contributed by atoms with Gasteiger partial charge in [0.25, 0.3) is 11.8 Å². The summed E-state index contributed by atoms with van der Waals surface area (Å²) in [5.41, 5.74) is 0.264. The molecule has 7 heteroatoms. The number of hydrogen-bond donors (Lipinski definition) is 2. The van der Waals surface area contributed by atoms with E-state index >= 15 is 0 Å². The highest BCUT2D eigenvalue weighted by Gasteiger charge is 2.18. The van der Waals surface area contributed by atoms with Crippen LogP contribution in [0.25, 0.3) is 0 Å². The molecule has 22 heavy (non-hydrogen) atoms. The fourth-order valence-corrected chi connectivity index (χ4v) is 2.01. The van der Waals surface area contributed by atoms with Gasteiger partial charge in [0.05, 0.1) is 11.4 Å². The Kier molecular flexibility index (Phi) is 3.46. The molecular formula is C15H10F2N2O3. The SMILES string of the molecule is O=C1COc2ccc(C(=O)Nc3cc(F)ccc3F)cc2N1. The lowest BCUT2D eigenvalue weighted by atomic mass is 10.1. The molecule has 0 spiro atoms. The van der Waals surface area contributed by atoms with Crippen LogP contribution in [0.1, 0.15) is 10.4 Å². The van der Waals surface area contributed by atoms with Gasteiger partial charge >= 0.3 is 0 Å². The first-order valence-corrected chi connectivity index (χ1v) is 6.36. The number of rotatable bonds is 2. The molecule has 3 rings (SSSR count). The molecule has 1 aliphatic heterocycles. The number of nitrogens with one attached hydrogen (secondary N) is 2. The molecule has 0 radical (unpaired) electrons. The van der Waals surface area contributed by atoms with E-state index in [1.54, 1.807) is 0 Å². The first kappa shape index (κ1) is 14.0. The molecule has 112 valence electrons. The van der Waals surface area contributed by atoms with Gasteiger partial charge in [0.2, 0.25) is 0 Å². The lowest BCUT2D eigenvalue weighted by molar-refractivity contribution is -0.118. The third kappa shape index (κ3) is 2.73. The zero-order valence-electron chi connectivity index (χ0n) is 11.2. The van der Waals surface area contributed by atoms with Gasteiger partial charge in [-0.25, -0.2) is 8.78 Å². The van der Waals surface area contributed by atoms with Gasteiger partial charge in [0.1, 0.15) is 17.4 Å². The molecule has 0 saturated carbocycles. The number of hydrogen-bond acceptors (Lipinski definition) is 3. The minimum absolute atomic E-state index is 0.0902. The summed E-state index contributed by atoms with van der Waals surface area (Å²) in [6.07, 6.45) is 0. The van der Waals surface area contributed by atoms with E-state index in [1.165, 1.54) is 18.2 Å². The highest BCUT2D eigenvalue weighted by Crippen LogP contribution is 2.28. The van der Waals surface area contributed by atoms with Crippen molar-refractivity contribution >= 4 is 23.2 Å². The third-order valence-electron chi connectivity index (χ3n) is 3.05. The van der Waals surface area contributed by atoms with Crippen LogP contribution >= 0.6 is 0 Å². The van der Waals surface area contributed by atoms with E-state index in [0.717, 1.165) is 18.2 Å². The Balaban J connectivity index is 1.85. The van der Waals surface area contributed by atoms with Crippen molar-refractivity contribution in [2.24, 2.45) is 0 Å². The summed E-state index contributed by atoms with van der Waals surface area (Å²) < 4.78 is 31.8. The number of fused-ring (bicyclic) bond motifs is 1. The minimum atomic E-state index is -0.746. The molecule has 0 fully saturated rings. The molecule has 2 amide bonds. The smallest absolute Gasteiger partial charge is 0.262 e. The molecule has 0 aromatic heterocycles. The van der Waals surface area contributed by atoms with E-state index < -0.39 is 17.5 Å². The Morgan fingerprint density at radius 1 is 1.18 bits per heavy atom. The molecule has 1 heterocycles. The number of anilines is 2. The third-order valence-corrected chi connectivity index (χ3v) is 3.05. The summed E-state index contributed by atoms with van der Waals surface area (Å²) in [7, 11) is 0. The normalized spacial score (nSPS) is 12.9. The summed E-state index contributed by atoms with van der Waals surface area (Å²) in [5.74, 6) is -1.94. The lowest BCUT2D eigenvalue weighted by Gasteiger charge is -2.18. The quantitative estimate of drug-likeness (QED) is 0.896. The fraction of sp³-hybridized carbons (Fsp3) is 0.0667. The van der Waals surface area contributed by atoms with Crippen LogP contribution in [0.2, 0.25) is 0 Å². The standard InChI is InChI=1S/C15H10F2N2O3/c16-9-2-3-10(17)11(6-9)19-15(21)8-1-4-13-12(5-8)18-14(20)7-22-13/h1-6H,7H2,(H,18,20)(H,19,21).